The minimum absolute atomic E-state index is 0.144. The Morgan fingerprint density at radius 3 is 1.37 bits per heavy atom. The molecular weight excluding hydrogens is 368 g/mol. The van der Waals surface area contributed by atoms with Gasteiger partial charge in [0, 0.05) is 0 Å². The zero-order chi connectivity index (χ0) is 20.3. The van der Waals surface area contributed by atoms with Crippen LogP contribution in [0.4, 0.5) is 0 Å². The first-order valence-corrected chi connectivity index (χ1v) is 10.2. The maximum Gasteiger partial charge on any atom is 0.0611 e. The Kier molecular flexibility index (Phi) is 3.62. The molecule has 30 heavy (non-hydrogen) atoms. The molecule has 2 N–H and O–H groups in total. The zero-order valence-electron chi connectivity index (χ0n) is 16.4. The number of aliphatic hydroxyl groups is 2. The molecule has 2 heteroatoms. The van der Waals surface area contributed by atoms with Crippen molar-refractivity contribution in [1.82, 2.24) is 0 Å². The second kappa shape index (κ2) is 6.15. The van der Waals surface area contributed by atoms with E-state index in [0.29, 0.717) is 0 Å². The second-order valence-electron chi connectivity index (χ2n) is 8.14. The molecule has 6 rings (SSSR count). The van der Waals surface area contributed by atoms with Gasteiger partial charge in [-0.3, -0.25) is 0 Å². The van der Waals surface area contributed by atoms with E-state index < -0.39 is 10.8 Å². The van der Waals surface area contributed by atoms with Gasteiger partial charge in [0.05, 0.1) is 24.0 Å². The fourth-order valence-electron chi connectivity index (χ4n) is 5.96. The van der Waals surface area contributed by atoms with Crippen LogP contribution in [0.3, 0.4) is 0 Å². The zero-order valence-corrected chi connectivity index (χ0v) is 16.4. The molecule has 2 nitrogen and oxygen atoms in total. The van der Waals surface area contributed by atoms with Gasteiger partial charge < -0.3 is 10.2 Å². The van der Waals surface area contributed by atoms with Gasteiger partial charge in [-0.15, -0.1) is 0 Å². The third-order valence-corrected chi connectivity index (χ3v) is 7.12. The van der Waals surface area contributed by atoms with E-state index in [1.807, 2.05) is 48.5 Å². The van der Waals surface area contributed by atoms with Gasteiger partial charge in [0.25, 0.3) is 0 Å². The number of hydrogen-bond donors (Lipinski definition) is 2. The van der Waals surface area contributed by atoms with Crippen molar-refractivity contribution >= 4 is 0 Å². The topological polar surface area (TPSA) is 40.5 Å². The Morgan fingerprint density at radius 1 is 0.533 bits per heavy atom. The second-order valence-corrected chi connectivity index (χ2v) is 8.14. The Bertz CT molecular complexity index is 1100. The molecule has 144 valence electrons. The highest BCUT2D eigenvalue weighted by molar-refractivity contribution is 5.88. The molecule has 0 heterocycles. The Labute approximate surface area is 176 Å². The molecule has 4 aromatic carbocycles. The number of hydrogen-bond acceptors (Lipinski definition) is 2. The van der Waals surface area contributed by atoms with Crippen LogP contribution in [0.25, 0.3) is 22.3 Å². The summed E-state index contributed by atoms with van der Waals surface area (Å²) in [5.74, 6) is 0. The van der Waals surface area contributed by atoms with Crippen molar-refractivity contribution in [2.45, 2.75) is 10.8 Å². The van der Waals surface area contributed by atoms with Crippen molar-refractivity contribution in [3.8, 4) is 22.3 Å². The van der Waals surface area contributed by atoms with Crippen LogP contribution >= 0.6 is 0 Å². The molecule has 0 spiro atoms. The SMILES string of the molecule is OCC1(C2(CO)c3[c]cccc3-c3ccccc32)c2[c]cccc2-c2ccccc21. The number of rotatable bonds is 3. The average molecular weight is 388 g/mol. The molecule has 0 fully saturated rings. The fourth-order valence-corrected chi connectivity index (χ4v) is 5.96. The first-order chi connectivity index (χ1) is 14.8. The lowest BCUT2D eigenvalue weighted by molar-refractivity contribution is 0.111. The van der Waals surface area contributed by atoms with Gasteiger partial charge in [-0.25, -0.2) is 0 Å². The van der Waals surface area contributed by atoms with E-state index in [9.17, 15) is 10.2 Å². The monoisotopic (exact) mass is 388 g/mol. The van der Waals surface area contributed by atoms with Gasteiger partial charge >= 0.3 is 0 Å². The van der Waals surface area contributed by atoms with Crippen molar-refractivity contribution in [2.75, 3.05) is 13.2 Å². The van der Waals surface area contributed by atoms with Gasteiger partial charge in [0.2, 0.25) is 0 Å². The highest BCUT2D eigenvalue weighted by Crippen LogP contribution is 2.64. The Hall–Kier alpha value is -3.20. The lowest BCUT2D eigenvalue weighted by atomic mass is 9.55. The summed E-state index contributed by atoms with van der Waals surface area (Å²) in [6.45, 7) is -0.289. The van der Waals surface area contributed by atoms with Crippen molar-refractivity contribution in [3.63, 3.8) is 0 Å². The number of benzene rings is 4. The highest BCUT2D eigenvalue weighted by atomic mass is 16.3. The number of fused-ring (bicyclic) bond motifs is 6. The summed E-state index contributed by atoms with van der Waals surface area (Å²) in [6.07, 6.45) is 0. The normalized spacial score (nSPS) is 16.5. The number of aliphatic hydroxyl groups excluding tert-OH is 2. The minimum Gasteiger partial charge on any atom is -0.395 e. The fraction of sp³-hybridized carbons (Fsp3) is 0.143. The van der Waals surface area contributed by atoms with E-state index in [4.69, 9.17) is 0 Å². The Balaban J connectivity index is 1.82. The molecular formula is C28H20O2. The molecule has 0 aromatic heterocycles. The predicted molar refractivity (Wildman–Crippen MR) is 117 cm³/mol. The van der Waals surface area contributed by atoms with E-state index in [-0.39, 0.29) is 13.2 Å². The van der Waals surface area contributed by atoms with Crippen molar-refractivity contribution in [1.29, 1.82) is 0 Å². The van der Waals surface area contributed by atoms with Gasteiger partial charge in [-0.2, -0.15) is 0 Å². The molecule has 2 radical (unpaired) electrons. The van der Waals surface area contributed by atoms with Crippen LogP contribution in [0.15, 0.2) is 84.9 Å². The molecule has 0 amide bonds. The largest absolute Gasteiger partial charge is 0.395 e. The van der Waals surface area contributed by atoms with Crippen molar-refractivity contribution < 1.29 is 10.2 Å². The summed E-state index contributed by atoms with van der Waals surface area (Å²) in [6, 6.07) is 35.3. The smallest absolute Gasteiger partial charge is 0.0611 e. The molecule has 0 aliphatic heterocycles. The van der Waals surface area contributed by atoms with E-state index in [2.05, 4.69) is 48.5 Å². The van der Waals surface area contributed by atoms with Crippen molar-refractivity contribution in [2.24, 2.45) is 0 Å². The molecule has 2 atom stereocenters. The van der Waals surface area contributed by atoms with Crippen LogP contribution in [0.5, 0.6) is 0 Å². The third-order valence-electron chi connectivity index (χ3n) is 7.12. The molecule has 2 aliphatic rings. The Morgan fingerprint density at radius 2 is 0.933 bits per heavy atom. The van der Waals surface area contributed by atoms with E-state index in [0.717, 1.165) is 44.5 Å². The quantitative estimate of drug-likeness (QED) is 0.542. The molecule has 2 aliphatic carbocycles. The minimum atomic E-state index is -0.867. The summed E-state index contributed by atoms with van der Waals surface area (Å²) in [5.41, 5.74) is 6.50. The van der Waals surface area contributed by atoms with E-state index in [1.165, 1.54) is 0 Å². The summed E-state index contributed by atoms with van der Waals surface area (Å²) in [5, 5.41) is 22.3. The first kappa shape index (κ1) is 17.6. The van der Waals surface area contributed by atoms with E-state index in [1.54, 1.807) is 0 Å². The standard InChI is InChI=1S/C28H20O2/c29-17-27(23-13-5-1-9-19(23)20-10-2-6-14-24(20)27)28(18-30)25-15-7-3-11-21(25)22-12-4-8-16-26(22)28/h1-13,15,29-30H,17-18H2. The lowest BCUT2D eigenvalue weighted by Crippen LogP contribution is -2.53. The predicted octanol–water partition coefficient (Wildman–Crippen LogP) is 4.50. The van der Waals surface area contributed by atoms with Gasteiger partial charge in [-0.05, 0) is 56.6 Å². The third kappa shape index (κ3) is 1.82. The summed E-state index contributed by atoms with van der Waals surface area (Å²) in [7, 11) is 0. The van der Waals surface area contributed by atoms with Crippen LogP contribution in [0.2, 0.25) is 0 Å². The van der Waals surface area contributed by atoms with Crippen LogP contribution in [-0.2, 0) is 10.8 Å². The van der Waals surface area contributed by atoms with Gasteiger partial charge in [0.1, 0.15) is 0 Å². The highest BCUT2D eigenvalue weighted by Gasteiger charge is 2.62. The van der Waals surface area contributed by atoms with Crippen LogP contribution in [-0.4, -0.2) is 23.4 Å². The molecule has 0 saturated heterocycles. The lowest BCUT2D eigenvalue weighted by Gasteiger charge is -2.47. The van der Waals surface area contributed by atoms with Crippen LogP contribution < -0.4 is 0 Å². The van der Waals surface area contributed by atoms with Crippen molar-refractivity contribution in [3.05, 3.63) is 119 Å². The summed E-state index contributed by atoms with van der Waals surface area (Å²) in [4.78, 5) is 0. The summed E-state index contributed by atoms with van der Waals surface area (Å²) >= 11 is 0. The maximum atomic E-state index is 11.2. The molecule has 0 bridgehead atoms. The molecule has 4 aromatic rings. The molecule has 2 unspecified atom stereocenters. The molecule has 0 saturated carbocycles. The maximum absolute atomic E-state index is 11.2. The van der Waals surface area contributed by atoms with E-state index >= 15 is 0 Å². The first-order valence-electron chi connectivity index (χ1n) is 10.2. The summed E-state index contributed by atoms with van der Waals surface area (Å²) < 4.78 is 0. The van der Waals surface area contributed by atoms with Gasteiger partial charge in [-0.1, -0.05) is 84.9 Å². The average Bonchev–Trinajstić information content (AvgIpc) is 3.28. The van der Waals surface area contributed by atoms with Crippen LogP contribution in [0.1, 0.15) is 22.3 Å². The van der Waals surface area contributed by atoms with Gasteiger partial charge in [0.15, 0.2) is 0 Å². The van der Waals surface area contributed by atoms with Crippen LogP contribution in [0, 0.1) is 12.1 Å².